The first kappa shape index (κ1) is 14.8. The molecule has 4 nitrogen and oxygen atoms in total. The minimum Gasteiger partial charge on any atom is -0.353 e. The fourth-order valence-corrected chi connectivity index (χ4v) is 3.21. The molecule has 2 aliphatic rings. The van der Waals surface area contributed by atoms with Gasteiger partial charge in [-0.2, -0.15) is 0 Å². The summed E-state index contributed by atoms with van der Waals surface area (Å²) in [6.45, 7) is 8.86. The molecule has 2 N–H and O–H groups in total. The zero-order valence-electron chi connectivity index (χ0n) is 12.5. The van der Waals surface area contributed by atoms with Crippen LogP contribution in [0.1, 0.15) is 46.0 Å². The van der Waals surface area contributed by atoms with E-state index in [0.29, 0.717) is 24.4 Å². The topological polar surface area (TPSA) is 44.4 Å². The van der Waals surface area contributed by atoms with E-state index in [1.54, 1.807) is 0 Å². The molecule has 0 aromatic rings. The van der Waals surface area contributed by atoms with E-state index < -0.39 is 0 Å². The van der Waals surface area contributed by atoms with Crippen molar-refractivity contribution >= 4 is 5.91 Å². The molecule has 0 saturated carbocycles. The zero-order valence-corrected chi connectivity index (χ0v) is 12.5. The van der Waals surface area contributed by atoms with E-state index >= 15 is 0 Å². The maximum absolute atomic E-state index is 12.0. The molecule has 0 aromatic carbocycles. The number of nitrogens with one attached hydrogen (secondary N) is 2. The fourth-order valence-electron chi connectivity index (χ4n) is 3.21. The summed E-state index contributed by atoms with van der Waals surface area (Å²) in [6, 6.07) is 1.03. The predicted molar refractivity (Wildman–Crippen MR) is 78.1 cm³/mol. The highest BCUT2D eigenvalue weighted by Crippen LogP contribution is 2.16. The van der Waals surface area contributed by atoms with E-state index in [9.17, 15) is 4.79 Å². The average Bonchev–Trinajstić information content (AvgIpc) is 2.40. The maximum atomic E-state index is 12.0. The molecule has 2 heterocycles. The largest absolute Gasteiger partial charge is 0.353 e. The first-order valence-electron chi connectivity index (χ1n) is 7.89. The minimum absolute atomic E-state index is 0.261. The highest BCUT2D eigenvalue weighted by Gasteiger charge is 2.23. The standard InChI is InChI=1S/C15H29N3O/c1-12(2)18-8-5-14(6-9-18)17-15(19)10-13-4-3-7-16-11-13/h12-14,16H,3-11H2,1-2H3,(H,17,19). The van der Waals surface area contributed by atoms with Gasteiger partial charge in [0.2, 0.25) is 5.91 Å². The van der Waals surface area contributed by atoms with E-state index in [1.165, 1.54) is 12.8 Å². The molecule has 0 aromatic heterocycles. The molecule has 0 spiro atoms. The molecule has 0 aliphatic carbocycles. The second-order valence-corrected chi connectivity index (χ2v) is 6.39. The summed E-state index contributed by atoms with van der Waals surface area (Å²) in [5.74, 6) is 0.807. The van der Waals surface area contributed by atoms with E-state index in [1.807, 2.05) is 0 Å². The van der Waals surface area contributed by atoms with Gasteiger partial charge in [0, 0.05) is 31.6 Å². The van der Waals surface area contributed by atoms with E-state index in [4.69, 9.17) is 0 Å². The van der Waals surface area contributed by atoms with Crippen LogP contribution in [0.4, 0.5) is 0 Å². The summed E-state index contributed by atoms with van der Waals surface area (Å²) >= 11 is 0. The summed E-state index contributed by atoms with van der Waals surface area (Å²) in [4.78, 5) is 14.5. The number of carbonyl (C=O) groups is 1. The van der Waals surface area contributed by atoms with Crippen LogP contribution < -0.4 is 10.6 Å². The van der Waals surface area contributed by atoms with Crippen molar-refractivity contribution in [2.24, 2.45) is 5.92 Å². The van der Waals surface area contributed by atoms with Crippen molar-refractivity contribution in [3.05, 3.63) is 0 Å². The van der Waals surface area contributed by atoms with Gasteiger partial charge in [-0.15, -0.1) is 0 Å². The number of rotatable bonds is 4. The molecule has 110 valence electrons. The Labute approximate surface area is 117 Å². The van der Waals surface area contributed by atoms with Crippen molar-refractivity contribution in [3.8, 4) is 0 Å². The van der Waals surface area contributed by atoms with E-state index in [0.717, 1.165) is 39.0 Å². The van der Waals surface area contributed by atoms with Gasteiger partial charge in [0.05, 0.1) is 0 Å². The Hall–Kier alpha value is -0.610. The predicted octanol–water partition coefficient (Wildman–Crippen LogP) is 1.37. The molecule has 1 atom stereocenters. The Morgan fingerprint density at radius 3 is 2.63 bits per heavy atom. The molecule has 1 amide bonds. The molecule has 19 heavy (non-hydrogen) atoms. The number of piperidine rings is 2. The number of hydrogen-bond donors (Lipinski definition) is 2. The Morgan fingerprint density at radius 2 is 2.05 bits per heavy atom. The molecular weight excluding hydrogens is 238 g/mol. The highest BCUT2D eigenvalue weighted by molar-refractivity contribution is 5.76. The van der Waals surface area contributed by atoms with Crippen LogP contribution in [0.3, 0.4) is 0 Å². The molecule has 0 bridgehead atoms. The van der Waals surface area contributed by atoms with Crippen LogP contribution in [0.15, 0.2) is 0 Å². The van der Waals surface area contributed by atoms with E-state index in [-0.39, 0.29) is 5.91 Å². The van der Waals surface area contributed by atoms with Gasteiger partial charge < -0.3 is 15.5 Å². The third-order valence-electron chi connectivity index (χ3n) is 4.50. The number of carbonyl (C=O) groups excluding carboxylic acids is 1. The molecule has 2 saturated heterocycles. The zero-order chi connectivity index (χ0) is 13.7. The monoisotopic (exact) mass is 267 g/mol. The molecule has 2 fully saturated rings. The Bertz CT molecular complexity index is 279. The van der Waals surface area contributed by atoms with Gasteiger partial charge in [0.25, 0.3) is 0 Å². The van der Waals surface area contributed by atoms with Crippen LogP contribution in [0.5, 0.6) is 0 Å². The van der Waals surface area contributed by atoms with Gasteiger partial charge in [-0.1, -0.05) is 0 Å². The molecule has 4 heteroatoms. The van der Waals surface area contributed by atoms with Crippen molar-refractivity contribution in [1.82, 2.24) is 15.5 Å². The normalized spacial score (nSPS) is 26.6. The molecule has 0 radical (unpaired) electrons. The third kappa shape index (κ3) is 4.77. The lowest BCUT2D eigenvalue weighted by atomic mass is 9.95. The lowest BCUT2D eigenvalue weighted by Gasteiger charge is -2.35. The van der Waals surface area contributed by atoms with Crippen LogP contribution in [-0.4, -0.2) is 49.1 Å². The number of nitrogens with zero attached hydrogens (tertiary/aromatic N) is 1. The average molecular weight is 267 g/mol. The quantitative estimate of drug-likeness (QED) is 0.808. The second-order valence-electron chi connectivity index (χ2n) is 6.39. The summed E-state index contributed by atoms with van der Waals surface area (Å²) in [5.41, 5.74) is 0. The van der Waals surface area contributed by atoms with Crippen LogP contribution in [0.25, 0.3) is 0 Å². The first-order valence-corrected chi connectivity index (χ1v) is 7.89. The summed E-state index contributed by atoms with van der Waals surface area (Å²) < 4.78 is 0. The van der Waals surface area contributed by atoms with Gasteiger partial charge in [-0.3, -0.25) is 4.79 Å². The third-order valence-corrected chi connectivity index (χ3v) is 4.50. The Morgan fingerprint density at radius 1 is 1.32 bits per heavy atom. The number of likely N-dealkylation sites (tertiary alicyclic amines) is 1. The highest BCUT2D eigenvalue weighted by atomic mass is 16.1. The molecule has 2 rings (SSSR count). The van der Waals surface area contributed by atoms with Crippen LogP contribution in [0, 0.1) is 5.92 Å². The van der Waals surface area contributed by atoms with Gasteiger partial charge in [0.15, 0.2) is 0 Å². The summed E-state index contributed by atoms with van der Waals surface area (Å²) in [5, 5.41) is 6.61. The lowest BCUT2D eigenvalue weighted by molar-refractivity contribution is -0.123. The van der Waals surface area contributed by atoms with Crippen LogP contribution in [0.2, 0.25) is 0 Å². The smallest absolute Gasteiger partial charge is 0.220 e. The van der Waals surface area contributed by atoms with Gasteiger partial charge in [-0.05, 0) is 58.5 Å². The van der Waals surface area contributed by atoms with Crippen molar-refractivity contribution in [1.29, 1.82) is 0 Å². The van der Waals surface area contributed by atoms with Crippen molar-refractivity contribution < 1.29 is 4.79 Å². The van der Waals surface area contributed by atoms with Crippen molar-refractivity contribution in [2.45, 2.75) is 58.0 Å². The van der Waals surface area contributed by atoms with Gasteiger partial charge in [-0.25, -0.2) is 0 Å². The minimum atomic E-state index is 0.261. The van der Waals surface area contributed by atoms with Crippen LogP contribution in [-0.2, 0) is 4.79 Å². The molecule has 1 unspecified atom stereocenters. The SMILES string of the molecule is CC(C)N1CCC(NC(=O)CC2CCCNC2)CC1. The second kappa shape index (κ2) is 7.25. The van der Waals surface area contributed by atoms with Crippen molar-refractivity contribution in [2.75, 3.05) is 26.2 Å². The lowest BCUT2D eigenvalue weighted by Crippen LogP contribution is -2.47. The van der Waals surface area contributed by atoms with Crippen molar-refractivity contribution in [3.63, 3.8) is 0 Å². The Kier molecular flexibility index (Phi) is 5.64. The summed E-state index contributed by atoms with van der Waals surface area (Å²) in [7, 11) is 0. The number of amides is 1. The van der Waals surface area contributed by atoms with Gasteiger partial charge in [0.1, 0.15) is 0 Å². The molecule has 2 aliphatic heterocycles. The summed E-state index contributed by atoms with van der Waals surface area (Å²) in [6.07, 6.45) is 5.33. The van der Waals surface area contributed by atoms with E-state index in [2.05, 4.69) is 29.4 Å². The number of hydrogen-bond acceptors (Lipinski definition) is 3. The fraction of sp³-hybridized carbons (Fsp3) is 0.933. The maximum Gasteiger partial charge on any atom is 0.220 e. The van der Waals surface area contributed by atoms with Gasteiger partial charge >= 0.3 is 0 Å². The first-order chi connectivity index (χ1) is 9.15. The Balaban J connectivity index is 1.65. The molecular formula is C15H29N3O. The van der Waals surface area contributed by atoms with Crippen LogP contribution >= 0.6 is 0 Å².